The van der Waals surface area contributed by atoms with Crippen LogP contribution in [0.5, 0.6) is 5.75 Å². The number of para-hydroxylation sites is 1. The molecule has 0 N–H and O–H groups in total. The van der Waals surface area contributed by atoms with Crippen molar-refractivity contribution in [1.29, 1.82) is 0 Å². The van der Waals surface area contributed by atoms with Crippen LogP contribution in [0, 0.1) is 0 Å². The minimum atomic E-state index is -3.04. The van der Waals surface area contributed by atoms with Gasteiger partial charge in [0, 0.05) is 0 Å². The average Bonchev–Trinajstić information content (AvgIpc) is 2.71. The number of hydrogen-bond acceptors (Lipinski definition) is 3. The fourth-order valence-corrected chi connectivity index (χ4v) is 5.10. The molecule has 0 heterocycles. The zero-order valence-electron chi connectivity index (χ0n) is 18.4. The molecule has 1 aromatic carbocycles. The smallest absolute Gasteiger partial charge is 0.379 e. The average molecular weight is 411 g/mol. The molecule has 28 heavy (non-hydrogen) atoms. The van der Waals surface area contributed by atoms with Crippen molar-refractivity contribution in [1.82, 2.24) is 0 Å². The van der Waals surface area contributed by atoms with Crippen molar-refractivity contribution in [2.75, 3.05) is 12.8 Å². The van der Waals surface area contributed by atoms with Crippen molar-refractivity contribution < 1.29 is 13.6 Å². The van der Waals surface area contributed by atoms with Gasteiger partial charge in [0.2, 0.25) is 0 Å². The van der Waals surface area contributed by atoms with E-state index < -0.39 is 7.60 Å². The van der Waals surface area contributed by atoms with Gasteiger partial charge in [-0.3, -0.25) is 4.52 Å². The first-order valence-electron chi connectivity index (χ1n) is 11.7. The molecule has 1 unspecified atom stereocenters. The zero-order valence-corrected chi connectivity index (χ0v) is 19.3. The topological polar surface area (TPSA) is 35.5 Å². The van der Waals surface area contributed by atoms with Crippen molar-refractivity contribution in [3.63, 3.8) is 0 Å². The summed E-state index contributed by atoms with van der Waals surface area (Å²) < 4.78 is 24.5. The third-order valence-electron chi connectivity index (χ3n) is 5.06. The van der Waals surface area contributed by atoms with Crippen LogP contribution in [0.1, 0.15) is 104 Å². The first kappa shape index (κ1) is 25.2. The third kappa shape index (κ3) is 13.4. The van der Waals surface area contributed by atoms with Crippen LogP contribution < -0.4 is 4.52 Å². The second-order valence-corrected chi connectivity index (χ2v) is 9.92. The fourth-order valence-electron chi connectivity index (χ4n) is 3.28. The van der Waals surface area contributed by atoms with Crippen molar-refractivity contribution in [2.24, 2.45) is 0 Å². The van der Waals surface area contributed by atoms with Crippen molar-refractivity contribution >= 4 is 7.60 Å². The van der Waals surface area contributed by atoms with Crippen molar-refractivity contribution in [3.05, 3.63) is 30.3 Å². The lowest BCUT2D eigenvalue weighted by molar-refractivity contribution is 0.257. The largest absolute Gasteiger partial charge is 0.424 e. The van der Waals surface area contributed by atoms with Gasteiger partial charge >= 0.3 is 7.60 Å². The maximum Gasteiger partial charge on any atom is 0.379 e. The molecular formula is C24H43O3P. The molecular weight excluding hydrogens is 367 g/mol. The van der Waals surface area contributed by atoms with E-state index >= 15 is 0 Å². The molecule has 1 rings (SSSR count). The Bertz CT molecular complexity index is 504. The van der Waals surface area contributed by atoms with Gasteiger partial charge in [-0.15, -0.1) is 0 Å². The predicted molar refractivity (Wildman–Crippen MR) is 121 cm³/mol. The summed E-state index contributed by atoms with van der Waals surface area (Å²) in [6, 6.07) is 9.39. The van der Waals surface area contributed by atoms with E-state index in [-0.39, 0.29) is 0 Å². The van der Waals surface area contributed by atoms with Gasteiger partial charge in [-0.25, -0.2) is 4.57 Å². The molecule has 162 valence electrons. The Labute approximate surface area is 174 Å². The van der Waals surface area contributed by atoms with Crippen LogP contribution in [0.15, 0.2) is 30.3 Å². The van der Waals surface area contributed by atoms with E-state index in [1.807, 2.05) is 30.3 Å². The maximum absolute atomic E-state index is 13.0. The molecule has 4 heteroatoms. The molecule has 1 aromatic rings. The van der Waals surface area contributed by atoms with Gasteiger partial charge in [-0.2, -0.15) is 0 Å². The summed E-state index contributed by atoms with van der Waals surface area (Å²) in [6.45, 7) is 4.90. The molecule has 0 aliphatic carbocycles. The summed E-state index contributed by atoms with van der Waals surface area (Å²) in [7, 11) is -3.04. The second kappa shape index (κ2) is 17.1. The maximum atomic E-state index is 13.0. The van der Waals surface area contributed by atoms with Crippen LogP contribution in [0.2, 0.25) is 0 Å². The summed E-state index contributed by atoms with van der Waals surface area (Å²) in [5.74, 6) is 0.636. The zero-order chi connectivity index (χ0) is 20.3. The highest BCUT2D eigenvalue weighted by Crippen LogP contribution is 2.49. The highest BCUT2D eigenvalue weighted by molar-refractivity contribution is 7.54. The molecule has 0 radical (unpaired) electrons. The number of benzene rings is 1. The van der Waals surface area contributed by atoms with Crippen LogP contribution in [-0.4, -0.2) is 12.8 Å². The monoisotopic (exact) mass is 410 g/mol. The van der Waals surface area contributed by atoms with E-state index in [0.29, 0.717) is 18.5 Å². The minimum absolute atomic E-state index is 0.497. The lowest BCUT2D eigenvalue weighted by Crippen LogP contribution is -2.04. The summed E-state index contributed by atoms with van der Waals surface area (Å²) in [5.41, 5.74) is 0. The van der Waals surface area contributed by atoms with Crippen LogP contribution in [0.4, 0.5) is 0 Å². The quantitative estimate of drug-likeness (QED) is 0.169. The highest BCUT2D eigenvalue weighted by atomic mass is 31.2. The Balaban J connectivity index is 2.08. The second-order valence-electron chi connectivity index (χ2n) is 7.81. The lowest BCUT2D eigenvalue weighted by atomic mass is 10.1. The first-order chi connectivity index (χ1) is 13.7. The van der Waals surface area contributed by atoms with Gasteiger partial charge in [-0.1, -0.05) is 109 Å². The predicted octanol–water partition coefficient (Wildman–Crippen LogP) is 8.78. The Kier molecular flexibility index (Phi) is 15.4. The molecule has 0 bridgehead atoms. The van der Waals surface area contributed by atoms with Crippen LogP contribution >= 0.6 is 7.60 Å². The summed E-state index contributed by atoms with van der Waals surface area (Å²) in [4.78, 5) is 0. The van der Waals surface area contributed by atoms with Gasteiger partial charge in [0.05, 0.1) is 12.8 Å². The molecule has 0 aromatic heterocycles. The van der Waals surface area contributed by atoms with Crippen LogP contribution in [-0.2, 0) is 9.09 Å². The Hall–Kier alpha value is -0.790. The molecule has 1 atom stereocenters. The van der Waals surface area contributed by atoms with Crippen LogP contribution in [0.3, 0.4) is 0 Å². The SMILES string of the molecule is CCCCCCCCCCCCCCOP(=O)(CCCC)Oc1ccccc1. The van der Waals surface area contributed by atoms with Gasteiger partial charge in [0.15, 0.2) is 0 Å². The van der Waals surface area contributed by atoms with Gasteiger partial charge in [-0.05, 0) is 25.0 Å². The molecule has 0 amide bonds. The Morgan fingerprint density at radius 2 is 1.18 bits per heavy atom. The van der Waals surface area contributed by atoms with E-state index in [2.05, 4.69) is 13.8 Å². The van der Waals surface area contributed by atoms with Gasteiger partial charge in [0.25, 0.3) is 0 Å². The van der Waals surface area contributed by atoms with Crippen molar-refractivity contribution in [2.45, 2.75) is 104 Å². The van der Waals surface area contributed by atoms with E-state index in [4.69, 9.17) is 9.05 Å². The molecule has 0 saturated carbocycles. The highest BCUT2D eigenvalue weighted by Gasteiger charge is 2.25. The number of hydrogen-bond donors (Lipinski definition) is 0. The Morgan fingerprint density at radius 1 is 0.679 bits per heavy atom. The van der Waals surface area contributed by atoms with Gasteiger partial charge in [0.1, 0.15) is 5.75 Å². The number of unbranched alkanes of at least 4 members (excludes halogenated alkanes) is 12. The molecule has 0 aliphatic heterocycles. The Morgan fingerprint density at radius 3 is 1.71 bits per heavy atom. The van der Waals surface area contributed by atoms with Gasteiger partial charge < -0.3 is 4.52 Å². The standard InChI is InChI=1S/C24H43O3P/c1-3-5-7-8-9-10-11-12-13-14-15-19-22-26-28(25,23-6-4-2)27-24-20-17-16-18-21-24/h16-18,20-21H,3-15,19,22-23H2,1-2H3. The molecule has 0 spiro atoms. The molecule has 0 fully saturated rings. The van der Waals surface area contributed by atoms with E-state index in [9.17, 15) is 4.57 Å². The molecule has 3 nitrogen and oxygen atoms in total. The summed E-state index contributed by atoms with van der Waals surface area (Å²) >= 11 is 0. The summed E-state index contributed by atoms with van der Waals surface area (Å²) in [6.07, 6.45) is 18.1. The fraction of sp³-hybridized carbons (Fsp3) is 0.750. The van der Waals surface area contributed by atoms with Crippen molar-refractivity contribution in [3.8, 4) is 5.75 Å². The number of rotatable bonds is 19. The van der Waals surface area contributed by atoms with E-state index in [1.165, 1.54) is 64.2 Å². The normalized spacial score (nSPS) is 13.4. The summed E-state index contributed by atoms with van der Waals surface area (Å²) in [5, 5.41) is 0. The third-order valence-corrected chi connectivity index (χ3v) is 6.99. The lowest BCUT2D eigenvalue weighted by Gasteiger charge is -2.19. The van der Waals surface area contributed by atoms with Crippen LogP contribution in [0.25, 0.3) is 0 Å². The molecule has 0 aliphatic rings. The first-order valence-corrected chi connectivity index (χ1v) is 13.4. The van der Waals surface area contributed by atoms with E-state index in [1.54, 1.807) is 0 Å². The van der Waals surface area contributed by atoms with E-state index in [0.717, 1.165) is 25.7 Å². The minimum Gasteiger partial charge on any atom is -0.424 e. The molecule has 0 saturated heterocycles.